The Kier molecular flexibility index (Phi) is 2.48. The molecule has 1 rings (SSSR count). The van der Waals surface area contributed by atoms with Crippen molar-refractivity contribution in [2.45, 2.75) is 33.0 Å². The van der Waals surface area contributed by atoms with Crippen LogP contribution < -0.4 is 0 Å². The van der Waals surface area contributed by atoms with E-state index in [1.807, 2.05) is 6.92 Å². The first-order valence-electron chi connectivity index (χ1n) is 4.43. The van der Waals surface area contributed by atoms with Gasteiger partial charge in [0.2, 0.25) is 0 Å². The Morgan fingerprint density at radius 2 is 2.15 bits per heavy atom. The summed E-state index contributed by atoms with van der Waals surface area (Å²) in [6.07, 6.45) is 0.522. The Bertz CT molecular complexity index is 232. The van der Waals surface area contributed by atoms with Gasteiger partial charge in [0, 0.05) is 5.92 Å². The van der Waals surface area contributed by atoms with Gasteiger partial charge in [0.15, 0.2) is 0 Å². The van der Waals surface area contributed by atoms with Gasteiger partial charge in [0.25, 0.3) is 0 Å². The molecule has 3 nitrogen and oxygen atoms in total. The molecule has 3 atom stereocenters. The Labute approximate surface area is 78.4 Å². The molecule has 0 bridgehead atoms. The number of aliphatic hydroxyl groups is 1. The molecule has 1 saturated heterocycles. The fraction of sp³-hybridized carbons (Fsp3) is 0.700. The van der Waals surface area contributed by atoms with Crippen molar-refractivity contribution in [1.29, 1.82) is 0 Å². The summed E-state index contributed by atoms with van der Waals surface area (Å²) in [6.45, 7) is 8.80. The summed E-state index contributed by atoms with van der Waals surface area (Å²) in [5.74, 6) is -0.451. The molecule has 1 aliphatic heterocycles. The Morgan fingerprint density at radius 3 is 2.62 bits per heavy atom. The highest BCUT2D eigenvalue weighted by atomic mass is 16.5. The van der Waals surface area contributed by atoms with Crippen LogP contribution >= 0.6 is 0 Å². The smallest absolute Gasteiger partial charge is 0.314 e. The van der Waals surface area contributed by atoms with E-state index >= 15 is 0 Å². The third kappa shape index (κ3) is 1.48. The van der Waals surface area contributed by atoms with Gasteiger partial charge in [-0.15, -0.1) is 0 Å². The standard InChI is InChI=1S/C10H16O3/c1-5-7-6(2)8(11)10(3,4)9(12)13-7/h5-8,11H,1H2,2-4H3/t6-,7-,8+/m0/s1. The van der Waals surface area contributed by atoms with Crippen LogP contribution in [0, 0.1) is 11.3 Å². The van der Waals surface area contributed by atoms with Crippen molar-refractivity contribution in [2.24, 2.45) is 11.3 Å². The van der Waals surface area contributed by atoms with Crippen LogP contribution in [0.15, 0.2) is 12.7 Å². The van der Waals surface area contributed by atoms with E-state index in [0.717, 1.165) is 0 Å². The van der Waals surface area contributed by atoms with Crippen molar-refractivity contribution < 1.29 is 14.6 Å². The van der Waals surface area contributed by atoms with Crippen molar-refractivity contribution in [3.8, 4) is 0 Å². The zero-order chi connectivity index (χ0) is 10.2. The molecule has 1 aliphatic rings. The van der Waals surface area contributed by atoms with Crippen LogP contribution in [-0.2, 0) is 9.53 Å². The van der Waals surface area contributed by atoms with Crippen LogP contribution in [-0.4, -0.2) is 23.3 Å². The largest absolute Gasteiger partial charge is 0.457 e. The van der Waals surface area contributed by atoms with Gasteiger partial charge < -0.3 is 9.84 Å². The zero-order valence-electron chi connectivity index (χ0n) is 8.28. The molecule has 0 aliphatic carbocycles. The topological polar surface area (TPSA) is 46.5 Å². The summed E-state index contributed by atoms with van der Waals surface area (Å²) in [5, 5.41) is 9.83. The van der Waals surface area contributed by atoms with Crippen LogP contribution in [0.5, 0.6) is 0 Å². The molecule has 0 aromatic carbocycles. The van der Waals surface area contributed by atoms with Gasteiger partial charge in [-0.05, 0) is 13.8 Å². The summed E-state index contributed by atoms with van der Waals surface area (Å²) < 4.78 is 5.12. The molecule has 74 valence electrons. The van der Waals surface area contributed by atoms with Crippen molar-refractivity contribution >= 4 is 5.97 Å². The lowest BCUT2D eigenvalue weighted by atomic mass is 9.76. The lowest BCUT2D eigenvalue weighted by Gasteiger charge is -2.41. The summed E-state index contributed by atoms with van der Waals surface area (Å²) in [6, 6.07) is 0. The maximum absolute atomic E-state index is 11.4. The van der Waals surface area contributed by atoms with E-state index in [1.54, 1.807) is 19.9 Å². The molecule has 0 aromatic rings. The Morgan fingerprint density at radius 1 is 1.62 bits per heavy atom. The normalized spacial score (nSPS) is 38.2. The van der Waals surface area contributed by atoms with Gasteiger partial charge in [-0.2, -0.15) is 0 Å². The molecule has 1 N–H and O–H groups in total. The molecule has 0 spiro atoms. The van der Waals surface area contributed by atoms with Crippen LogP contribution in [0.3, 0.4) is 0 Å². The van der Waals surface area contributed by atoms with Crippen molar-refractivity contribution in [3.63, 3.8) is 0 Å². The second-order valence-corrected chi connectivity index (χ2v) is 4.13. The first-order valence-corrected chi connectivity index (χ1v) is 4.43. The highest BCUT2D eigenvalue weighted by Gasteiger charge is 2.47. The zero-order valence-corrected chi connectivity index (χ0v) is 8.28. The molecule has 0 unspecified atom stereocenters. The second kappa shape index (κ2) is 3.14. The molecule has 0 radical (unpaired) electrons. The SMILES string of the molecule is C=C[C@@H]1OC(=O)C(C)(C)[C@H](O)[C@H]1C. The van der Waals surface area contributed by atoms with Gasteiger partial charge in [-0.25, -0.2) is 0 Å². The molecular formula is C10H16O3. The highest BCUT2D eigenvalue weighted by Crippen LogP contribution is 2.35. The number of rotatable bonds is 1. The van der Waals surface area contributed by atoms with E-state index in [9.17, 15) is 9.90 Å². The van der Waals surface area contributed by atoms with Gasteiger partial charge in [0.1, 0.15) is 6.10 Å². The molecule has 0 amide bonds. The molecule has 0 saturated carbocycles. The minimum absolute atomic E-state index is 0.0924. The lowest BCUT2D eigenvalue weighted by Crippen LogP contribution is -2.52. The first-order chi connectivity index (χ1) is 5.91. The van der Waals surface area contributed by atoms with Crippen LogP contribution in [0.1, 0.15) is 20.8 Å². The fourth-order valence-corrected chi connectivity index (χ4v) is 1.60. The number of esters is 1. The van der Waals surface area contributed by atoms with Crippen LogP contribution in [0.2, 0.25) is 0 Å². The molecule has 1 heterocycles. The summed E-state index contributed by atoms with van der Waals surface area (Å²) in [4.78, 5) is 11.4. The average Bonchev–Trinajstić information content (AvgIpc) is 2.09. The van der Waals surface area contributed by atoms with Crippen molar-refractivity contribution in [3.05, 3.63) is 12.7 Å². The van der Waals surface area contributed by atoms with E-state index in [1.165, 1.54) is 0 Å². The number of cyclic esters (lactones) is 1. The minimum atomic E-state index is -0.807. The molecule has 1 fully saturated rings. The van der Waals surface area contributed by atoms with E-state index in [-0.39, 0.29) is 18.0 Å². The van der Waals surface area contributed by atoms with Crippen molar-refractivity contribution in [1.82, 2.24) is 0 Å². The molecule has 13 heavy (non-hydrogen) atoms. The predicted molar refractivity (Wildman–Crippen MR) is 49.0 cm³/mol. The first kappa shape index (κ1) is 10.3. The minimum Gasteiger partial charge on any atom is -0.457 e. The summed E-state index contributed by atoms with van der Waals surface area (Å²) in [5.41, 5.74) is -0.807. The summed E-state index contributed by atoms with van der Waals surface area (Å²) in [7, 11) is 0. The third-order valence-electron chi connectivity index (χ3n) is 2.76. The fourth-order valence-electron chi connectivity index (χ4n) is 1.60. The molecular weight excluding hydrogens is 168 g/mol. The van der Waals surface area contributed by atoms with E-state index in [4.69, 9.17) is 4.74 Å². The number of carbonyl (C=O) groups is 1. The van der Waals surface area contributed by atoms with E-state index in [0.29, 0.717) is 0 Å². The number of carbonyl (C=O) groups excluding carboxylic acids is 1. The van der Waals surface area contributed by atoms with Gasteiger partial charge in [0.05, 0.1) is 11.5 Å². The molecule has 3 heteroatoms. The summed E-state index contributed by atoms with van der Waals surface area (Å²) >= 11 is 0. The number of aliphatic hydroxyl groups excluding tert-OH is 1. The van der Waals surface area contributed by atoms with Gasteiger partial charge >= 0.3 is 5.97 Å². The van der Waals surface area contributed by atoms with Crippen LogP contribution in [0.25, 0.3) is 0 Å². The quantitative estimate of drug-likeness (QED) is 0.490. The average molecular weight is 184 g/mol. The monoisotopic (exact) mass is 184 g/mol. The Balaban J connectivity index is 2.91. The second-order valence-electron chi connectivity index (χ2n) is 4.13. The molecule has 0 aromatic heterocycles. The van der Waals surface area contributed by atoms with Crippen LogP contribution in [0.4, 0.5) is 0 Å². The maximum Gasteiger partial charge on any atom is 0.314 e. The number of hydrogen-bond donors (Lipinski definition) is 1. The Hall–Kier alpha value is -0.830. The van der Waals surface area contributed by atoms with Gasteiger partial charge in [-0.1, -0.05) is 19.6 Å². The van der Waals surface area contributed by atoms with E-state index < -0.39 is 11.5 Å². The van der Waals surface area contributed by atoms with E-state index in [2.05, 4.69) is 6.58 Å². The van der Waals surface area contributed by atoms with Crippen molar-refractivity contribution in [2.75, 3.05) is 0 Å². The predicted octanol–water partition coefficient (Wildman–Crippen LogP) is 1.12. The lowest BCUT2D eigenvalue weighted by molar-refractivity contribution is -0.186. The maximum atomic E-state index is 11.4. The third-order valence-corrected chi connectivity index (χ3v) is 2.76. The number of ether oxygens (including phenoxy) is 1. The van der Waals surface area contributed by atoms with Gasteiger partial charge in [-0.3, -0.25) is 4.79 Å². The number of hydrogen-bond acceptors (Lipinski definition) is 3. The highest BCUT2D eigenvalue weighted by molar-refractivity contribution is 5.78.